The van der Waals surface area contributed by atoms with Crippen LogP contribution in [-0.4, -0.2) is 41.7 Å². The number of aliphatic hydroxyl groups excluding tert-OH is 1. The van der Waals surface area contributed by atoms with Gasteiger partial charge in [-0.05, 0) is 56.2 Å². The van der Waals surface area contributed by atoms with Crippen LogP contribution in [0.2, 0.25) is 0 Å². The molecule has 2 unspecified atom stereocenters. The number of aliphatic hydroxyl groups is 1. The summed E-state index contributed by atoms with van der Waals surface area (Å²) in [6.45, 7) is 0.500. The molecule has 1 aromatic carbocycles. The molecule has 1 aliphatic rings. The van der Waals surface area contributed by atoms with Gasteiger partial charge >= 0.3 is 6.18 Å². The third kappa shape index (κ3) is 5.45. The zero-order valence-corrected chi connectivity index (χ0v) is 16.1. The van der Waals surface area contributed by atoms with Crippen molar-refractivity contribution in [3.05, 3.63) is 59.2 Å². The number of pyridine rings is 1. The summed E-state index contributed by atoms with van der Waals surface area (Å²) in [4.78, 5) is 18.1. The fraction of sp³-hybridized carbons (Fsp3) is 0.400. The number of fused-ring (bicyclic) bond motifs is 1. The molecule has 2 N–H and O–H groups in total. The summed E-state index contributed by atoms with van der Waals surface area (Å²) in [5.74, 6) is -0.832. The predicted octanol–water partition coefficient (Wildman–Crippen LogP) is 3.32. The van der Waals surface area contributed by atoms with Crippen LogP contribution < -0.4 is 10.2 Å². The minimum Gasteiger partial charge on any atom is -0.351 e. The van der Waals surface area contributed by atoms with Gasteiger partial charge in [0, 0.05) is 12.1 Å². The molecule has 30 heavy (non-hydrogen) atoms. The van der Waals surface area contributed by atoms with Crippen molar-refractivity contribution < 1.29 is 32.2 Å². The fourth-order valence-electron chi connectivity index (χ4n) is 3.18. The molecule has 1 amide bonds. The van der Waals surface area contributed by atoms with Gasteiger partial charge in [-0.3, -0.25) is 9.78 Å². The number of alkyl halides is 3. The van der Waals surface area contributed by atoms with Gasteiger partial charge in [-0.2, -0.15) is 13.2 Å². The normalized spacial score (nSPS) is 16.0. The monoisotopic (exact) mass is 427 g/mol. The number of ether oxygens (including phenoxy) is 1. The molecule has 1 aliphatic heterocycles. The van der Waals surface area contributed by atoms with Crippen LogP contribution >= 0.6 is 0 Å². The third-order valence-corrected chi connectivity index (χ3v) is 4.65. The molecular weight excluding hydrogens is 406 g/mol. The lowest BCUT2D eigenvalue weighted by Crippen LogP contribution is -2.42. The number of anilines is 1. The van der Waals surface area contributed by atoms with E-state index in [1.807, 2.05) is 0 Å². The molecule has 6 nitrogen and oxygen atoms in total. The van der Waals surface area contributed by atoms with Gasteiger partial charge in [-0.25, -0.2) is 4.39 Å². The van der Waals surface area contributed by atoms with Crippen molar-refractivity contribution in [2.75, 3.05) is 18.1 Å². The number of rotatable bonds is 6. The maximum Gasteiger partial charge on any atom is 0.411 e. The Balaban J connectivity index is 1.70. The van der Waals surface area contributed by atoms with Gasteiger partial charge in [0.2, 0.25) is 6.41 Å². The SMILES string of the molecule is CC(NC(=O)c1ccc(F)cc1)c1ccc2c(n1)CCCN2C(O)OCC(F)(F)F. The first-order chi connectivity index (χ1) is 14.1. The fourth-order valence-corrected chi connectivity index (χ4v) is 3.18. The molecule has 2 atom stereocenters. The van der Waals surface area contributed by atoms with Crippen molar-refractivity contribution in [3.63, 3.8) is 0 Å². The second-order valence-electron chi connectivity index (χ2n) is 6.95. The molecular formula is C20H21F4N3O3. The standard InChI is InChI=1S/C20H21F4N3O3/c1-12(25-18(28)13-4-6-14(21)7-5-13)15-8-9-17-16(26-15)3-2-10-27(17)19(29)30-11-20(22,23)24/h4-9,12,19,29H,2-3,10-11H2,1H3,(H,25,28). The zero-order chi connectivity index (χ0) is 21.9. The van der Waals surface area contributed by atoms with E-state index in [0.717, 1.165) is 0 Å². The lowest BCUT2D eigenvalue weighted by atomic mass is 10.1. The van der Waals surface area contributed by atoms with E-state index in [-0.39, 0.29) is 5.91 Å². The molecule has 0 aliphatic carbocycles. The molecule has 10 heteroatoms. The van der Waals surface area contributed by atoms with Crippen LogP contribution in [-0.2, 0) is 11.2 Å². The summed E-state index contributed by atoms with van der Waals surface area (Å²) in [6, 6.07) is 7.93. The van der Waals surface area contributed by atoms with Gasteiger partial charge < -0.3 is 20.1 Å². The number of carbonyl (C=O) groups is 1. The lowest BCUT2D eigenvalue weighted by Gasteiger charge is -2.34. The van der Waals surface area contributed by atoms with Crippen LogP contribution in [0, 0.1) is 5.82 Å². The first-order valence-corrected chi connectivity index (χ1v) is 9.33. The average Bonchev–Trinajstić information content (AvgIpc) is 2.71. The highest BCUT2D eigenvalue weighted by Crippen LogP contribution is 2.29. The van der Waals surface area contributed by atoms with Gasteiger partial charge in [0.15, 0.2) is 0 Å². The topological polar surface area (TPSA) is 74.7 Å². The van der Waals surface area contributed by atoms with Gasteiger partial charge in [0.05, 0.1) is 23.1 Å². The Morgan fingerprint density at radius 3 is 2.63 bits per heavy atom. The molecule has 2 aromatic rings. The summed E-state index contributed by atoms with van der Waals surface area (Å²) in [5, 5.41) is 12.8. The zero-order valence-electron chi connectivity index (χ0n) is 16.1. The van der Waals surface area contributed by atoms with Gasteiger partial charge in [-0.15, -0.1) is 0 Å². The van der Waals surface area contributed by atoms with Gasteiger partial charge in [0.1, 0.15) is 12.4 Å². The van der Waals surface area contributed by atoms with E-state index in [9.17, 15) is 27.5 Å². The number of amides is 1. The second-order valence-corrected chi connectivity index (χ2v) is 6.95. The maximum absolute atomic E-state index is 13.0. The summed E-state index contributed by atoms with van der Waals surface area (Å²) >= 11 is 0. The Morgan fingerprint density at radius 1 is 1.27 bits per heavy atom. The number of benzene rings is 1. The van der Waals surface area contributed by atoms with Crippen molar-refractivity contribution in [1.82, 2.24) is 10.3 Å². The van der Waals surface area contributed by atoms with Crippen molar-refractivity contribution in [2.24, 2.45) is 0 Å². The van der Waals surface area contributed by atoms with Crippen LogP contribution in [0.1, 0.15) is 41.1 Å². The Morgan fingerprint density at radius 2 is 1.97 bits per heavy atom. The molecule has 0 bridgehead atoms. The number of nitrogens with one attached hydrogen (secondary N) is 1. The summed E-state index contributed by atoms with van der Waals surface area (Å²) in [6.07, 6.45) is -5.13. The summed E-state index contributed by atoms with van der Waals surface area (Å²) < 4.78 is 54.6. The largest absolute Gasteiger partial charge is 0.411 e. The van der Waals surface area contributed by atoms with Crippen LogP contribution in [0.5, 0.6) is 0 Å². The number of hydrogen-bond donors (Lipinski definition) is 2. The minimum absolute atomic E-state index is 0.303. The number of aryl methyl sites for hydroxylation is 1. The second kappa shape index (κ2) is 8.97. The first kappa shape index (κ1) is 22.0. The summed E-state index contributed by atoms with van der Waals surface area (Å²) in [5.41, 5.74) is 1.93. The smallest absolute Gasteiger partial charge is 0.351 e. The molecule has 0 fully saturated rings. The van der Waals surface area contributed by atoms with E-state index in [1.54, 1.807) is 19.1 Å². The number of hydrogen-bond acceptors (Lipinski definition) is 5. The number of aromatic nitrogens is 1. The quantitative estimate of drug-likeness (QED) is 0.547. The Kier molecular flexibility index (Phi) is 6.57. The van der Waals surface area contributed by atoms with Crippen LogP contribution in [0.25, 0.3) is 0 Å². The molecule has 0 saturated heterocycles. The van der Waals surface area contributed by atoms with E-state index in [4.69, 9.17) is 0 Å². The lowest BCUT2D eigenvalue weighted by molar-refractivity contribution is -0.216. The number of halogens is 4. The Labute approximate surface area is 170 Å². The van der Waals surface area contributed by atoms with Crippen molar-refractivity contribution >= 4 is 11.6 Å². The average molecular weight is 427 g/mol. The molecule has 0 radical (unpaired) electrons. The van der Waals surface area contributed by atoms with Crippen molar-refractivity contribution in [3.8, 4) is 0 Å². The van der Waals surface area contributed by atoms with Crippen LogP contribution in [0.3, 0.4) is 0 Å². The van der Waals surface area contributed by atoms with Gasteiger partial charge in [-0.1, -0.05) is 0 Å². The number of carbonyl (C=O) groups excluding carboxylic acids is 1. The maximum atomic E-state index is 13.0. The highest BCUT2D eigenvalue weighted by atomic mass is 19.4. The predicted molar refractivity (Wildman–Crippen MR) is 100 cm³/mol. The Hall–Kier alpha value is -2.72. The molecule has 162 valence electrons. The highest BCUT2D eigenvalue weighted by Gasteiger charge is 2.32. The van der Waals surface area contributed by atoms with E-state index in [2.05, 4.69) is 15.0 Å². The van der Waals surface area contributed by atoms with E-state index < -0.39 is 31.1 Å². The van der Waals surface area contributed by atoms with Crippen LogP contribution in [0.4, 0.5) is 23.2 Å². The first-order valence-electron chi connectivity index (χ1n) is 9.33. The van der Waals surface area contributed by atoms with Crippen LogP contribution in [0.15, 0.2) is 36.4 Å². The molecule has 3 rings (SSSR count). The van der Waals surface area contributed by atoms with Gasteiger partial charge in [0.25, 0.3) is 5.91 Å². The van der Waals surface area contributed by atoms with E-state index >= 15 is 0 Å². The van der Waals surface area contributed by atoms with Crippen molar-refractivity contribution in [1.29, 1.82) is 0 Å². The number of nitrogens with zero attached hydrogens (tertiary/aromatic N) is 2. The molecule has 0 spiro atoms. The van der Waals surface area contributed by atoms with E-state index in [0.29, 0.717) is 42.0 Å². The molecule has 2 heterocycles. The summed E-state index contributed by atoms with van der Waals surface area (Å²) in [7, 11) is 0. The van der Waals surface area contributed by atoms with E-state index in [1.165, 1.54) is 29.2 Å². The Bertz CT molecular complexity index is 890. The highest BCUT2D eigenvalue weighted by molar-refractivity contribution is 5.94. The molecule has 0 saturated carbocycles. The molecule has 1 aromatic heterocycles. The third-order valence-electron chi connectivity index (χ3n) is 4.65. The minimum atomic E-state index is -4.54. The van der Waals surface area contributed by atoms with Crippen molar-refractivity contribution in [2.45, 2.75) is 38.4 Å².